The van der Waals surface area contributed by atoms with Crippen molar-refractivity contribution in [3.63, 3.8) is 0 Å². The molecule has 0 saturated carbocycles. The minimum Gasteiger partial charge on any atom is -0.384 e. The fraction of sp³-hybridized carbons (Fsp3) is 0.0769. The van der Waals surface area contributed by atoms with E-state index in [4.69, 9.17) is 28.3 Å². The zero-order valence-electron chi connectivity index (χ0n) is 9.98. The zero-order chi connectivity index (χ0) is 14.5. The lowest BCUT2D eigenvalue weighted by Crippen LogP contribution is -2.12. The summed E-state index contributed by atoms with van der Waals surface area (Å²) in [7, 11) is 0. The highest BCUT2D eigenvalue weighted by atomic mass is 35.5. The Kier molecular flexibility index (Phi) is 4.99. The largest absolute Gasteiger partial charge is 0.384 e. The first-order chi connectivity index (χ1) is 9.60. The van der Waals surface area contributed by atoms with E-state index >= 15 is 0 Å². The van der Waals surface area contributed by atoms with Gasteiger partial charge in [-0.2, -0.15) is 0 Å². The average molecular weight is 327 g/mol. The summed E-state index contributed by atoms with van der Waals surface area (Å²) < 4.78 is 0.763. The molecule has 0 bridgehead atoms. The lowest BCUT2D eigenvalue weighted by molar-refractivity contribution is 0.102. The molecule has 0 unspecified atom stereocenters. The van der Waals surface area contributed by atoms with E-state index in [0.29, 0.717) is 25.7 Å². The van der Waals surface area contributed by atoms with Gasteiger partial charge in [0.2, 0.25) is 0 Å². The number of aromatic nitrogens is 1. The van der Waals surface area contributed by atoms with Gasteiger partial charge in [-0.25, -0.2) is 4.98 Å². The third kappa shape index (κ3) is 3.71. The lowest BCUT2D eigenvalue weighted by Gasteiger charge is -2.03. The van der Waals surface area contributed by atoms with Crippen LogP contribution in [0.4, 0.5) is 5.82 Å². The number of thiophene rings is 1. The smallest absolute Gasteiger partial charge is 0.259 e. The fourth-order valence-electron chi connectivity index (χ4n) is 1.38. The molecular formula is C13H8Cl2N2O2S. The molecule has 0 radical (unpaired) electrons. The number of hydrogen-bond donors (Lipinski definition) is 2. The number of carbonyl (C=O) groups excluding carboxylic acids is 1. The first kappa shape index (κ1) is 14.8. The monoisotopic (exact) mass is 326 g/mol. The number of anilines is 1. The molecule has 0 atom stereocenters. The highest BCUT2D eigenvalue weighted by molar-refractivity contribution is 7.20. The molecule has 2 rings (SSSR count). The minimum atomic E-state index is -0.391. The van der Waals surface area contributed by atoms with Crippen LogP contribution in [-0.4, -0.2) is 22.6 Å². The molecule has 0 aliphatic carbocycles. The molecule has 1 amide bonds. The Morgan fingerprint density at radius 3 is 2.90 bits per heavy atom. The van der Waals surface area contributed by atoms with Crippen LogP contribution >= 0.6 is 34.5 Å². The number of pyridine rings is 1. The summed E-state index contributed by atoms with van der Waals surface area (Å²) in [5.74, 6) is 5.09. The Hall–Kier alpha value is -1.58. The van der Waals surface area contributed by atoms with Crippen molar-refractivity contribution in [1.29, 1.82) is 0 Å². The lowest BCUT2D eigenvalue weighted by atomic mass is 10.3. The van der Waals surface area contributed by atoms with Crippen molar-refractivity contribution in [2.75, 3.05) is 11.9 Å². The molecule has 2 aromatic rings. The molecule has 102 valence electrons. The molecule has 0 aliphatic heterocycles. The van der Waals surface area contributed by atoms with Crippen LogP contribution in [0, 0.1) is 11.8 Å². The first-order valence-corrected chi connectivity index (χ1v) is 7.00. The van der Waals surface area contributed by atoms with Crippen LogP contribution in [0.1, 0.15) is 16.1 Å². The number of nitrogens with one attached hydrogen (secondary N) is 1. The summed E-state index contributed by atoms with van der Waals surface area (Å²) in [4.78, 5) is 16.1. The number of rotatable bonds is 2. The number of aliphatic hydroxyl groups excluding tert-OH is 1. The highest BCUT2D eigenvalue weighted by Crippen LogP contribution is 2.31. The Morgan fingerprint density at radius 1 is 1.45 bits per heavy atom. The van der Waals surface area contributed by atoms with Crippen LogP contribution in [0.25, 0.3) is 0 Å². The third-order valence-corrected chi connectivity index (χ3v) is 3.68. The van der Waals surface area contributed by atoms with Gasteiger partial charge < -0.3 is 10.4 Å². The van der Waals surface area contributed by atoms with Crippen molar-refractivity contribution in [3.05, 3.63) is 44.2 Å². The molecule has 2 heterocycles. The second-order valence-corrected chi connectivity index (χ2v) is 5.85. The van der Waals surface area contributed by atoms with Crippen molar-refractivity contribution in [3.8, 4) is 11.8 Å². The Bertz CT molecular complexity index is 704. The number of nitrogens with zero attached hydrogens (tertiary/aromatic N) is 1. The van der Waals surface area contributed by atoms with Crippen LogP contribution < -0.4 is 5.32 Å². The average Bonchev–Trinajstić information content (AvgIpc) is 2.76. The highest BCUT2D eigenvalue weighted by Gasteiger charge is 2.14. The third-order valence-electron chi connectivity index (χ3n) is 2.19. The van der Waals surface area contributed by atoms with Crippen molar-refractivity contribution in [2.24, 2.45) is 0 Å². The van der Waals surface area contributed by atoms with Crippen LogP contribution in [0.15, 0.2) is 24.3 Å². The predicted octanol–water partition coefficient (Wildman–Crippen LogP) is 3.05. The Labute approximate surface area is 129 Å². The summed E-state index contributed by atoms with van der Waals surface area (Å²) in [6.45, 7) is -0.249. The van der Waals surface area contributed by atoms with Gasteiger partial charge in [0.1, 0.15) is 22.5 Å². The molecule has 20 heavy (non-hydrogen) atoms. The normalized spacial score (nSPS) is 9.75. The van der Waals surface area contributed by atoms with E-state index in [-0.39, 0.29) is 6.61 Å². The van der Waals surface area contributed by atoms with E-state index < -0.39 is 5.91 Å². The quantitative estimate of drug-likeness (QED) is 0.834. The topological polar surface area (TPSA) is 62.2 Å². The molecule has 0 fully saturated rings. The molecule has 0 aromatic carbocycles. The summed E-state index contributed by atoms with van der Waals surface area (Å²) >= 11 is 12.8. The maximum Gasteiger partial charge on any atom is 0.259 e. The standard InChI is InChI=1S/C13H8Cl2N2O2S/c14-10-7-9(12(15)20-10)13(19)17-11-5-1-3-8(16-11)4-2-6-18/h1,3,5,7,18H,6H2,(H,16,17,19). The predicted molar refractivity (Wildman–Crippen MR) is 80.5 cm³/mol. The van der Waals surface area contributed by atoms with Gasteiger partial charge in [0.25, 0.3) is 5.91 Å². The van der Waals surface area contributed by atoms with Crippen LogP contribution in [0.5, 0.6) is 0 Å². The fourth-order valence-corrected chi connectivity index (χ4v) is 2.84. The van der Waals surface area contributed by atoms with Crippen LogP contribution in [0.3, 0.4) is 0 Å². The van der Waals surface area contributed by atoms with Crippen molar-refractivity contribution >= 4 is 46.3 Å². The van der Waals surface area contributed by atoms with Crippen molar-refractivity contribution in [2.45, 2.75) is 0 Å². The van der Waals surface area contributed by atoms with Gasteiger partial charge in [-0.15, -0.1) is 11.3 Å². The Balaban J connectivity index is 2.17. The van der Waals surface area contributed by atoms with Crippen molar-refractivity contribution in [1.82, 2.24) is 4.98 Å². The maximum atomic E-state index is 12.0. The number of halogens is 2. The summed E-state index contributed by atoms with van der Waals surface area (Å²) in [5.41, 5.74) is 0.751. The molecule has 0 aliphatic rings. The molecule has 7 heteroatoms. The van der Waals surface area contributed by atoms with Gasteiger partial charge in [0.15, 0.2) is 0 Å². The summed E-state index contributed by atoms with van der Waals surface area (Å²) in [6.07, 6.45) is 0. The zero-order valence-corrected chi connectivity index (χ0v) is 12.3. The molecule has 0 saturated heterocycles. The summed E-state index contributed by atoms with van der Waals surface area (Å²) in [5, 5.41) is 11.2. The minimum absolute atomic E-state index is 0.249. The Morgan fingerprint density at radius 2 is 2.25 bits per heavy atom. The van der Waals surface area contributed by atoms with Gasteiger partial charge in [-0.1, -0.05) is 35.2 Å². The molecule has 2 N–H and O–H groups in total. The molecule has 0 spiro atoms. The molecule has 2 aromatic heterocycles. The van der Waals surface area contributed by atoms with Gasteiger partial charge in [-0.05, 0) is 24.1 Å². The number of hydrogen-bond acceptors (Lipinski definition) is 4. The molecule has 4 nitrogen and oxygen atoms in total. The van der Waals surface area contributed by atoms with E-state index in [1.165, 1.54) is 6.07 Å². The van der Waals surface area contributed by atoms with E-state index in [2.05, 4.69) is 22.1 Å². The summed E-state index contributed by atoms with van der Waals surface area (Å²) in [6, 6.07) is 6.50. The van der Waals surface area contributed by atoms with Gasteiger partial charge in [-0.3, -0.25) is 4.79 Å². The van der Waals surface area contributed by atoms with Crippen LogP contribution in [0.2, 0.25) is 8.67 Å². The first-order valence-electron chi connectivity index (χ1n) is 5.43. The van der Waals surface area contributed by atoms with Gasteiger partial charge in [0.05, 0.1) is 9.90 Å². The van der Waals surface area contributed by atoms with Crippen LogP contribution in [-0.2, 0) is 0 Å². The van der Waals surface area contributed by atoms with E-state index in [1.54, 1.807) is 18.2 Å². The second kappa shape index (κ2) is 6.73. The maximum absolute atomic E-state index is 12.0. The SMILES string of the molecule is O=C(Nc1cccc(C#CCO)n1)c1cc(Cl)sc1Cl. The second-order valence-electron chi connectivity index (χ2n) is 3.56. The van der Waals surface area contributed by atoms with Gasteiger partial charge >= 0.3 is 0 Å². The number of amides is 1. The number of aliphatic hydroxyl groups is 1. The number of carbonyl (C=O) groups is 1. The van der Waals surface area contributed by atoms with E-state index in [1.807, 2.05) is 0 Å². The van der Waals surface area contributed by atoms with Gasteiger partial charge in [0, 0.05) is 0 Å². The van der Waals surface area contributed by atoms with Crippen molar-refractivity contribution < 1.29 is 9.90 Å². The van der Waals surface area contributed by atoms with E-state index in [9.17, 15) is 4.79 Å². The van der Waals surface area contributed by atoms with E-state index in [0.717, 1.165) is 11.3 Å². The molecular weight excluding hydrogens is 319 g/mol.